The van der Waals surface area contributed by atoms with Gasteiger partial charge in [-0.15, -0.1) is 0 Å². The maximum atomic E-state index is 12.3. The van der Waals surface area contributed by atoms with Crippen LogP contribution in [0.2, 0.25) is 10.0 Å². The lowest BCUT2D eigenvalue weighted by Gasteiger charge is -2.11. The van der Waals surface area contributed by atoms with E-state index in [4.69, 9.17) is 23.2 Å². The lowest BCUT2D eigenvalue weighted by atomic mass is 10.3. The smallest absolute Gasteiger partial charge is 0.264 e. The number of hydrogen-bond acceptors (Lipinski definition) is 3. The highest BCUT2D eigenvalue weighted by molar-refractivity contribution is 9.10. The second-order valence-corrected chi connectivity index (χ2v) is 7.40. The van der Waals surface area contributed by atoms with E-state index in [1.165, 1.54) is 18.3 Å². The molecule has 4 nitrogen and oxygen atoms in total. The fourth-order valence-electron chi connectivity index (χ4n) is 1.60. The van der Waals surface area contributed by atoms with E-state index in [9.17, 15) is 8.42 Å². The molecule has 0 saturated heterocycles. The number of aryl methyl sites for hydroxylation is 1. The van der Waals surface area contributed by atoms with Crippen LogP contribution in [0.3, 0.4) is 0 Å². The van der Waals surface area contributed by atoms with Crippen LogP contribution in [-0.4, -0.2) is 13.4 Å². The normalized spacial score (nSPS) is 11.4. The first-order valence-corrected chi connectivity index (χ1v) is 8.42. The molecule has 0 unspecified atom stereocenters. The van der Waals surface area contributed by atoms with Crippen molar-refractivity contribution >= 4 is 54.8 Å². The number of aromatic nitrogens is 1. The minimum absolute atomic E-state index is 0.0393. The number of nitrogens with one attached hydrogen (secondary N) is 1. The van der Waals surface area contributed by atoms with E-state index in [0.717, 1.165) is 5.56 Å². The molecule has 0 radical (unpaired) electrons. The Kier molecular flexibility index (Phi) is 4.59. The number of nitrogens with zero attached hydrogens (tertiary/aromatic N) is 1. The van der Waals surface area contributed by atoms with Gasteiger partial charge in [-0.25, -0.2) is 8.42 Å². The fraction of sp³-hybridized carbons (Fsp3) is 0.0833. The number of pyridine rings is 1. The van der Waals surface area contributed by atoms with Gasteiger partial charge in [0.2, 0.25) is 0 Å². The summed E-state index contributed by atoms with van der Waals surface area (Å²) in [5.74, 6) is 0. The summed E-state index contributed by atoms with van der Waals surface area (Å²) in [4.78, 5) is 3.76. The van der Waals surface area contributed by atoms with Crippen molar-refractivity contribution in [2.75, 3.05) is 4.72 Å². The van der Waals surface area contributed by atoms with E-state index in [1.54, 1.807) is 12.3 Å². The van der Waals surface area contributed by atoms with Crippen molar-refractivity contribution in [3.8, 4) is 0 Å². The molecule has 1 aromatic carbocycles. The number of benzene rings is 1. The van der Waals surface area contributed by atoms with Gasteiger partial charge in [-0.05, 0) is 30.7 Å². The Morgan fingerprint density at radius 3 is 2.30 bits per heavy atom. The average molecular weight is 396 g/mol. The minimum Gasteiger partial charge on any atom is -0.278 e. The van der Waals surface area contributed by atoms with E-state index in [0.29, 0.717) is 10.2 Å². The summed E-state index contributed by atoms with van der Waals surface area (Å²) < 4.78 is 27.7. The van der Waals surface area contributed by atoms with Crippen LogP contribution in [-0.2, 0) is 10.0 Å². The summed E-state index contributed by atoms with van der Waals surface area (Å²) in [6, 6.07) is 4.60. The Morgan fingerprint density at radius 1 is 1.15 bits per heavy atom. The quantitative estimate of drug-likeness (QED) is 0.844. The van der Waals surface area contributed by atoms with E-state index in [-0.39, 0.29) is 14.9 Å². The second-order valence-electron chi connectivity index (χ2n) is 4.06. The molecule has 0 aliphatic rings. The van der Waals surface area contributed by atoms with Gasteiger partial charge in [-0.3, -0.25) is 9.71 Å². The summed E-state index contributed by atoms with van der Waals surface area (Å²) in [6.07, 6.45) is 3.03. The van der Waals surface area contributed by atoms with Crippen LogP contribution < -0.4 is 4.72 Å². The zero-order chi connectivity index (χ0) is 14.9. The lowest BCUT2D eigenvalue weighted by Crippen LogP contribution is -2.14. The van der Waals surface area contributed by atoms with E-state index in [2.05, 4.69) is 25.6 Å². The van der Waals surface area contributed by atoms with Gasteiger partial charge in [0, 0.05) is 10.7 Å². The number of rotatable bonds is 3. The van der Waals surface area contributed by atoms with Crippen molar-refractivity contribution in [2.24, 2.45) is 0 Å². The monoisotopic (exact) mass is 394 g/mol. The van der Waals surface area contributed by atoms with Crippen molar-refractivity contribution in [2.45, 2.75) is 11.8 Å². The van der Waals surface area contributed by atoms with Gasteiger partial charge < -0.3 is 0 Å². The summed E-state index contributed by atoms with van der Waals surface area (Å²) in [5.41, 5.74) is 1.18. The molecule has 1 aromatic heterocycles. The third-order valence-corrected chi connectivity index (χ3v) is 5.12. The molecule has 20 heavy (non-hydrogen) atoms. The first-order valence-electron chi connectivity index (χ1n) is 5.38. The molecule has 0 amide bonds. The van der Waals surface area contributed by atoms with Gasteiger partial charge in [-0.2, -0.15) is 0 Å². The van der Waals surface area contributed by atoms with Crippen molar-refractivity contribution in [1.82, 2.24) is 4.98 Å². The molecule has 1 N–H and O–H groups in total. The SMILES string of the molecule is Cc1cncc(NS(=O)(=O)c2c(Cl)cc(Br)cc2Cl)c1. The molecule has 106 valence electrons. The van der Waals surface area contributed by atoms with Crippen LogP contribution >= 0.6 is 39.1 Å². The molecule has 2 aromatic rings. The predicted molar refractivity (Wildman–Crippen MR) is 83.9 cm³/mol. The number of halogens is 3. The lowest BCUT2D eigenvalue weighted by molar-refractivity contribution is 0.601. The molecule has 0 aliphatic heterocycles. The first kappa shape index (κ1) is 15.6. The highest BCUT2D eigenvalue weighted by atomic mass is 79.9. The van der Waals surface area contributed by atoms with E-state index >= 15 is 0 Å². The van der Waals surface area contributed by atoms with Crippen molar-refractivity contribution < 1.29 is 8.42 Å². The molecule has 0 fully saturated rings. The topological polar surface area (TPSA) is 59.1 Å². The van der Waals surface area contributed by atoms with Gasteiger partial charge in [0.1, 0.15) is 4.90 Å². The van der Waals surface area contributed by atoms with E-state index in [1.807, 2.05) is 6.92 Å². The van der Waals surface area contributed by atoms with Crippen LogP contribution in [0.25, 0.3) is 0 Å². The Bertz CT molecular complexity index is 743. The standard InChI is InChI=1S/C12H9BrCl2N2O2S/c1-7-2-9(6-16-5-7)17-20(18,19)12-10(14)3-8(13)4-11(12)15/h2-6,17H,1H3. The maximum absolute atomic E-state index is 12.3. The maximum Gasteiger partial charge on any atom is 0.264 e. The molecular weight excluding hydrogens is 387 g/mol. The average Bonchev–Trinajstić information content (AvgIpc) is 2.25. The Labute approximate surface area is 135 Å². The van der Waals surface area contributed by atoms with Crippen molar-refractivity contribution in [3.63, 3.8) is 0 Å². The third-order valence-electron chi connectivity index (χ3n) is 2.36. The summed E-state index contributed by atoms with van der Waals surface area (Å²) in [7, 11) is -3.88. The molecule has 0 aliphatic carbocycles. The van der Waals surface area contributed by atoms with Gasteiger partial charge in [0.05, 0.1) is 21.9 Å². The van der Waals surface area contributed by atoms with Crippen LogP contribution in [0, 0.1) is 6.92 Å². The fourth-order valence-corrected chi connectivity index (χ4v) is 4.58. The zero-order valence-electron chi connectivity index (χ0n) is 10.2. The Hall–Kier alpha value is -0.820. The number of hydrogen-bond donors (Lipinski definition) is 1. The Morgan fingerprint density at radius 2 is 1.75 bits per heavy atom. The van der Waals surface area contributed by atoms with E-state index < -0.39 is 10.0 Å². The van der Waals surface area contributed by atoms with Crippen LogP contribution in [0.5, 0.6) is 0 Å². The molecule has 8 heteroatoms. The first-order chi connectivity index (χ1) is 9.29. The minimum atomic E-state index is -3.88. The highest BCUT2D eigenvalue weighted by Gasteiger charge is 2.22. The number of anilines is 1. The molecular formula is C12H9BrCl2N2O2S. The van der Waals surface area contributed by atoms with Crippen molar-refractivity contribution in [3.05, 3.63) is 50.7 Å². The van der Waals surface area contributed by atoms with Crippen molar-refractivity contribution in [1.29, 1.82) is 0 Å². The Balaban J connectivity index is 2.46. The van der Waals surface area contributed by atoms with Gasteiger partial charge in [0.25, 0.3) is 10.0 Å². The predicted octanol–water partition coefficient (Wildman–Crippen LogP) is 4.26. The largest absolute Gasteiger partial charge is 0.278 e. The summed E-state index contributed by atoms with van der Waals surface area (Å²) in [6.45, 7) is 1.81. The second kappa shape index (κ2) is 5.89. The summed E-state index contributed by atoms with van der Waals surface area (Å²) in [5, 5.41) is 0.0787. The molecule has 0 saturated carbocycles. The molecule has 0 atom stereocenters. The van der Waals surface area contributed by atoms with Gasteiger partial charge in [-0.1, -0.05) is 39.1 Å². The highest BCUT2D eigenvalue weighted by Crippen LogP contribution is 2.33. The molecule has 0 spiro atoms. The molecule has 1 heterocycles. The van der Waals surface area contributed by atoms with Crippen LogP contribution in [0.4, 0.5) is 5.69 Å². The third kappa shape index (κ3) is 3.44. The number of sulfonamides is 1. The molecule has 0 bridgehead atoms. The summed E-state index contributed by atoms with van der Waals surface area (Å²) >= 11 is 15.1. The zero-order valence-corrected chi connectivity index (χ0v) is 14.1. The van der Waals surface area contributed by atoms with Gasteiger partial charge in [0.15, 0.2) is 0 Å². The van der Waals surface area contributed by atoms with Gasteiger partial charge >= 0.3 is 0 Å². The molecule has 2 rings (SSSR count). The van der Waals surface area contributed by atoms with Crippen LogP contribution in [0.1, 0.15) is 5.56 Å². The van der Waals surface area contributed by atoms with Crippen LogP contribution in [0.15, 0.2) is 40.0 Å².